The lowest BCUT2D eigenvalue weighted by Crippen LogP contribution is -2.49. The highest BCUT2D eigenvalue weighted by Gasteiger charge is 2.44. The minimum absolute atomic E-state index is 0.0160. The van der Waals surface area contributed by atoms with Crippen LogP contribution in [0.15, 0.2) is 34.7 Å². The van der Waals surface area contributed by atoms with E-state index in [2.05, 4.69) is 15.3 Å². The van der Waals surface area contributed by atoms with Crippen molar-refractivity contribution in [1.29, 1.82) is 0 Å². The standard InChI is InChI=1S/C21H19ClFN3O2/c22-21-25-19(16-9-13-3-1-2-4-15(13)28-16)17(23)20(26-21)24-18-12-7-5-11(6-8-12)14(18)10-27/h1-4,9-12,14,18H,5-8H2,(H,24,25,26). The third-order valence-electron chi connectivity index (χ3n) is 6.23. The van der Waals surface area contributed by atoms with Gasteiger partial charge in [-0.25, -0.2) is 9.37 Å². The number of carbonyl (C=O) groups is 1. The maximum atomic E-state index is 15.3. The molecule has 0 amide bonds. The number of furan rings is 1. The van der Waals surface area contributed by atoms with Gasteiger partial charge in [0, 0.05) is 17.3 Å². The van der Waals surface area contributed by atoms with Crippen LogP contribution in [-0.4, -0.2) is 22.3 Å². The lowest BCUT2D eigenvalue weighted by molar-refractivity contribution is -0.116. The van der Waals surface area contributed by atoms with Crippen LogP contribution in [0.3, 0.4) is 0 Å². The summed E-state index contributed by atoms with van der Waals surface area (Å²) in [5.74, 6) is 0.269. The van der Waals surface area contributed by atoms with Gasteiger partial charge in [-0.2, -0.15) is 4.98 Å². The molecule has 7 heteroatoms. The van der Waals surface area contributed by atoms with Crippen LogP contribution in [0.25, 0.3) is 22.4 Å². The Morgan fingerprint density at radius 3 is 2.64 bits per heavy atom. The zero-order valence-electron chi connectivity index (χ0n) is 15.1. The largest absolute Gasteiger partial charge is 0.454 e. The van der Waals surface area contributed by atoms with E-state index in [1.165, 1.54) is 0 Å². The second-order valence-electron chi connectivity index (χ2n) is 7.71. The Balaban J connectivity index is 1.53. The van der Waals surface area contributed by atoms with Crippen molar-refractivity contribution in [2.75, 3.05) is 5.32 Å². The van der Waals surface area contributed by atoms with Crippen LogP contribution in [0.1, 0.15) is 25.7 Å². The van der Waals surface area contributed by atoms with Gasteiger partial charge in [-0.1, -0.05) is 18.2 Å². The van der Waals surface area contributed by atoms with Crippen LogP contribution in [0.5, 0.6) is 0 Å². The number of halogens is 2. The highest BCUT2D eigenvalue weighted by Crippen LogP contribution is 2.45. The van der Waals surface area contributed by atoms with Crippen LogP contribution in [0.4, 0.5) is 10.2 Å². The van der Waals surface area contributed by atoms with Crippen LogP contribution in [0, 0.1) is 23.6 Å². The number of aldehydes is 1. The number of nitrogens with zero attached hydrogens (tertiary/aromatic N) is 2. The Morgan fingerprint density at radius 1 is 1.14 bits per heavy atom. The van der Waals surface area contributed by atoms with Crippen molar-refractivity contribution < 1.29 is 13.6 Å². The maximum Gasteiger partial charge on any atom is 0.225 e. The van der Waals surface area contributed by atoms with Gasteiger partial charge in [0.2, 0.25) is 5.28 Å². The van der Waals surface area contributed by atoms with Crippen molar-refractivity contribution >= 4 is 34.7 Å². The number of rotatable bonds is 4. The van der Waals surface area contributed by atoms with Gasteiger partial charge < -0.3 is 14.5 Å². The highest BCUT2D eigenvalue weighted by molar-refractivity contribution is 6.28. The molecular weight excluding hydrogens is 381 g/mol. The molecule has 0 aliphatic heterocycles. The number of aromatic nitrogens is 2. The number of para-hydroxylation sites is 1. The first-order chi connectivity index (χ1) is 13.6. The van der Waals surface area contributed by atoms with E-state index in [4.69, 9.17) is 16.0 Å². The minimum Gasteiger partial charge on any atom is -0.454 e. The second kappa shape index (κ2) is 6.85. The molecule has 3 aromatic rings. The van der Waals surface area contributed by atoms with Crippen LogP contribution >= 0.6 is 11.6 Å². The fourth-order valence-corrected chi connectivity index (χ4v) is 5.01. The lowest BCUT2D eigenvalue weighted by atomic mass is 9.62. The quantitative estimate of drug-likeness (QED) is 0.488. The fraction of sp³-hybridized carbons (Fsp3) is 0.381. The first-order valence-electron chi connectivity index (χ1n) is 9.58. The molecule has 2 aromatic heterocycles. The first kappa shape index (κ1) is 17.6. The van der Waals surface area contributed by atoms with E-state index in [0.717, 1.165) is 37.4 Å². The summed E-state index contributed by atoms with van der Waals surface area (Å²) in [7, 11) is 0. The van der Waals surface area contributed by atoms with Crippen molar-refractivity contribution in [1.82, 2.24) is 9.97 Å². The molecule has 3 fully saturated rings. The average molecular weight is 400 g/mol. The molecule has 3 saturated carbocycles. The number of benzene rings is 1. The van der Waals surface area contributed by atoms with Gasteiger partial charge in [0.25, 0.3) is 0 Å². The van der Waals surface area contributed by atoms with Crippen molar-refractivity contribution in [3.8, 4) is 11.5 Å². The van der Waals surface area contributed by atoms with Gasteiger partial charge in [-0.05, 0) is 61.3 Å². The van der Waals surface area contributed by atoms with E-state index in [1.807, 2.05) is 24.3 Å². The molecule has 1 N–H and O–H groups in total. The van der Waals surface area contributed by atoms with Gasteiger partial charge in [-0.15, -0.1) is 0 Å². The Bertz CT molecular complexity index is 1010. The van der Waals surface area contributed by atoms with Gasteiger partial charge >= 0.3 is 0 Å². The Kier molecular flexibility index (Phi) is 4.31. The number of carbonyl (C=O) groups excluding carboxylic acids is 1. The lowest BCUT2D eigenvalue weighted by Gasteiger charge is -2.46. The summed E-state index contributed by atoms with van der Waals surface area (Å²) in [4.78, 5) is 19.8. The Morgan fingerprint density at radius 2 is 1.89 bits per heavy atom. The average Bonchev–Trinajstić information content (AvgIpc) is 3.15. The molecule has 2 heterocycles. The molecule has 0 saturated heterocycles. The summed E-state index contributed by atoms with van der Waals surface area (Å²) >= 11 is 6.10. The predicted octanol–water partition coefficient (Wildman–Crippen LogP) is 5.10. The summed E-state index contributed by atoms with van der Waals surface area (Å²) in [6, 6.07) is 9.03. The third kappa shape index (κ3) is 2.87. The normalized spacial score (nSPS) is 26.5. The molecule has 28 heavy (non-hydrogen) atoms. The van der Waals surface area contributed by atoms with E-state index in [9.17, 15) is 4.79 Å². The van der Waals surface area contributed by atoms with Crippen molar-refractivity contribution in [2.24, 2.45) is 17.8 Å². The molecule has 2 unspecified atom stereocenters. The van der Waals surface area contributed by atoms with E-state index in [0.29, 0.717) is 23.2 Å². The number of hydrogen-bond donors (Lipinski definition) is 1. The Labute approximate surface area is 166 Å². The van der Waals surface area contributed by atoms with Crippen molar-refractivity contribution in [2.45, 2.75) is 31.7 Å². The third-order valence-corrected chi connectivity index (χ3v) is 6.40. The van der Waals surface area contributed by atoms with E-state index in [1.54, 1.807) is 6.07 Å². The summed E-state index contributed by atoms with van der Waals surface area (Å²) in [6.07, 6.45) is 5.22. The summed E-state index contributed by atoms with van der Waals surface area (Å²) in [5.41, 5.74) is 0.661. The first-order valence-corrected chi connectivity index (χ1v) is 9.95. The topological polar surface area (TPSA) is 68.0 Å². The SMILES string of the molecule is O=CC1C2CCC(CC2)C1Nc1nc(Cl)nc(-c2cc3ccccc3o2)c1F. The number of anilines is 1. The van der Waals surface area contributed by atoms with E-state index < -0.39 is 5.82 Å². The number of hydrogen-bond acceptors (Lipinski definition) is 5. The van der Waals surface area contributed by atoms with Crippen LogP contribution < -0.4 is 5.32 Å². The molecule has 144 valence electrons. The Hall–Kier alpha value is -2.47. The summed E-state index contributed by atoms with van der Waals surface area (Å²) in [6.45, 7) is 0. The van der Waals surface area contributed by atoms with Crippen molar-refractivity contribution in [3.63, 3.8) is 0 Å². The van der Waals surface area contributed by atoms with E-state index >= 15 is 4.39 Å². The van der Waals surface area contributed by atoms with Gasteiger partial charge in [0.05, 0.1) is 0 Å². The zero-order valence-corrected chi connectivity index (χ0v) is 15.8. The van der Waals surface area contributed by atoms with E-state index in [-0.39, 0.29) is 28.8 Å². The smallest absolute Gasteiger partial charge is 0.225 e. The molecule has 5 nitrogen and oxygen atoms in total. The highest BCUT2D eigenvalue weighted by atomic mass is 35.5. The molecule has 2 bridgehead atoms. The van der Waals surface area contributed by atoms with Crippen LogP contribution in [0.2, 0.25) is 5.28 Å². The van der Waals surface area contributed by atoms with Crippen molar-refractivity contribution in [3.05, 3.63) is 41.4 Å². The molecule has 3 aliphatic rings. The monoisotopic (exact) mass is 399 g/mol. The van der Waals surface area contributed by atoms with Gasteiger partial charge in [-0.3, -0.25) is 0 Å². The fourth-order valence-electron chi connectivity index (χ4n) is 4.84. The number of fused-ring (bicyclic) bond motifs is 4. The zero-order chi connectivity index (χ0) is 19.3. The second-order valence-corrected chi connectivity index (χ2v) is 8.05. The predicted molar refractivity (Wildman–Crippen MR) is 105 cm³/mol. The molecule has 2 atom stereocenters. The molecule has 0 spiro atoms. The molecule has 3 aliphatic carbocycles. The summed E-state index contributed by atoms with van der Waals surface area (Å²) in [5, 5.41) is 3.97. The maximum absolute atomic E-state index is 15.3. The minimum atomic E-state index is -0.616. The molecule has 0 radical (unpaired) electrons. The summed E-state index contributed by atoms with van der Waals surface area (Å²) < 4.78 is 21.1. The molecule has 1 aromatic carbocycles. The molecular formula is C21H19ClFN3O2. The van der Waals surface area contributed by atoms with Crippen LogP contribution in [-0.2, 0) is 4.79 Å². The van der Waals surface area contributed by atoms with Gasteiger partial charge in [0.1, 0.15) is 17.6 Å². The van der Waals surface area contributed by atoms with Gasteiger partial charge in [0.15, 0.2) is 17.4 Å². The number of nitrogens with one attached hydrogen (secondary N) is 1. The molecule has 6 rings (SSSR count).